The van der Waals surface area contributed by atoms with Crippen molar-refractivity contribution in [1.29, 1.82) is 0 Å². The van der Waals surface area contributed by atoms with Gasteiger partial charge in [0.1, 0.15) is 5.75 Å². The second kappa shape index (κ2) is 7.11. The van der Waals surface area contributed by atoms with Crippen LogP contribution in [0.5, 0.6) is 11.5 Å². The van der Waals surface area contributed by atoms with Crippen LogP contribution in [0.4, 0.5) is 0 Å². The molecule has 1 aromatic rings. The van der Waals surface area contributed by atoms with Crippen LogP contribution in [-0.2, 0) is 9.13 Å². The van der Waals surface area contributed by atoms with Crippen LogP contribution in [-0.4, -0.2) is 77.3 Å². The molecule has 4 fully saturated rings. The van der Waals surface area contributed by atoms with E-state index < -0.39 is 15.8 Å². The van der Waals surface area contributed by atoms with Crippen molar-refractivity contribution in [2.24, 2.45) is 0 Å². The molecule has 4 aliphatic rings. The highest BCUT2D eigenvalue weighted by Crippen LogP contribution is 2.60. The Morgan fingerprint density at radius 3 is 2.15 bits per heavy atom. The quantitative estimate of drug-likeness (QED) is 0.478. The molecule has 0 amide bonds. The zero-order chi connectivity index (χ0) is 18.4. The summed E-state index contributed by atoms with van der Waals surface area (Å²) in [7, 11) is -4.77. The fourth-order valence-corrected chi connectivity index (χ4v) is 6.76. The van der Waals surface area contributed by atoms with Gasteiger partial charge in [0.25, 0.3) is 0 Å². The van der Waals surface area contributed by atoms with E-state index in [9.17, 15) is 9.13 Å². The van der Waals surface area contributed by atoms with Gasteiger partial charge in [0.15, 0.2) is 5.75 Å². The molecule has 2 atom stereocenters. The number of hydrogen-bond donors (Lipinski definition) is 0. The molecule has 10 heteroatoms. The molecule has 27 heavy (non-hydrogen) atoms. The molecule has 0 saturated carbocycles. The Kier molecular flexibility index (Phi) is 4.75. The van der Waals surface area contributed by atoms with Gasteiger partial charge in [-0.05, 0) is 37.1 Å². The van der Waals surface area contributed by atoms with E-state index in [0.29, 0.717) is 17.5 Å². The first-order valence-corrected chi connectivity index (χ1v) is 12.3. The average Bonchev–Trinajstić information content (AvgIpc) is 3.52. The lowest BCUT2D eigenvalue weighted by Crippen LogP contribution is -2.38. The summed E-state index contributed by atoms with van der Waals surface area (Å²) >= 11 is 0. The van der Waals surface area contributed by atoms with Gasteiger partial charge in [-0.1, -0.05) is 4.67 Å². The van der Waals surface area contributed by atoms with Crippen LogP contribution in [0.1, 0.15) is 12.8 Å². The van der Waals surface area contributed by atoms with Gasteiger partial charge >= 0.3 is 15.8 Å². The number of piperidine rings is 1. The maximum Gasteiger partial charge on any atom is 0.666 e. The van der Waals surface area contributed by atoms with E-state index in [1.54, 1.807) is 24.3 Å². The van der Waals surface area contributed by atoms with Gasteiger partial charge in [0.2, 0.25) is 0 Å². The zero-order valence-corrected chi connectivity index (χ0v) is 17.1. The maximum absolute atomic E-state index is 13.0. The van der Waals surface area contributed by atoms with Gasteiger partial charge in [-0.15, -0.1) is 0 Å². The summed E-state index contributed by atoms with van der Waals surface area (Å²) in [6, 6.07) is 7.48. The zero-order valence-electron chi connectivity index (χ0n) is 15.3. The molecule has 4 saturated heterocycles. The van der Waals surface area contributed by atoms with Crippen molar-refractivity contribution in [2.45, 2.75) is 18.9 Å². The molecule has 146 valence electrons. The van der Waals surface area contributed by atoms with Crippen molar-refractivity contribution in [3.05, 3.63) is 24.3 Å². The SMILES string of the molecule is O=[P+](Oc1ccc(OP(=O)(N2CC2)N2CC2)cc1)N1CCCC(N2CC2)C1. The Bertz CT molecular complexity index is 749. The number of nitrogens with zero attached hydrogens (tertiary/aromatic N) is 4. The standard InChI is InChI=1S/C17H25N4O4P2/c22-26(19-7-1-2-15(14-19)18-8-9-18)24-16-3-5-17(6-4-16)25-27(23,20-10-11-20)21-12-13-21/h3-6,15H,1-2,7-14H2/q+1. The van der Waals surface area contributed by atoms with Crippen molar-refractivity contribution in [1.82, 2.24) is 18.9 Å². The first-order valence-electron chi connectivity index (χ1n) is 9.66. The summed E-state index contributed by atoms with van der Waals surface area (Å²) in [6.45, 7) is 7.24. The summed E-state index contributed by atoms with van der Waals surface area (Å²) in [4.78, 5) is 2.42. The molecular weight excluding hydrogens is 386 g/mol. The van der Waals surface area contributed by atoms with E-state index in [0.717, 1.165) is 58.8 Å². The van der Waals surface area contributed by atoms with Gasteiger partial charge in [0, 0.05) is 56.4 Å². The summed E-state index contributed by atoms with van der Waals surface area (Å²) in [5.41, 5.74) is 0. The van der Waals surface area contributed by atoms with Crippen LogP contribution >= 0.6 is 15.8 Å². The Labute approximate surface area is 160 Å². The minimum Gasteiger partial charge on any atom is -0.422 e. The minimum absolute atomic E-state index is 0.515. The van der Waals surface area contributed by atoms with E-state index in [2.05, 4.69) is 4.90 Å². The third-order valence-electron chi connectivity index (χ3n) is 5.40. The van der Waals surface area contributed by atoms with Crippen molar-refractivity contribution < 1.29 is 18.2 Å². The Morgan fingerprint density at radius 2 is 1.56 bits per heavy atom. The summed E-state index contributed by atoms with van der Waals surface area (Å²) in [5.74, 6) is 1.10. The van der Waals surface area contributed by atoms with Gasteiger partial charge in [-0.2, -0.15) is 0 Å². The highest BCUT2D eigenvalue weighted by molar-refractivity contribution is 7.55. The lowest BCUT2D eigenvalue weighted by Gasteiger charge is -2.25. The normalized spacial score (nSPS) is 27.3. The molecule has 8 nitrogen and oxygen atoms in total. The Hall–Kier alpha value is -1.01. The van der Waals surface area contributed by atoms with E-state index in [1.807, 2.05) is 14.0 Å². The van der Waals surface area contributed by atoms with E-state index in [1.165, 1.54) is 6.42 Å². The molecule has 2 unspecified atom stereocenters. The third-order valence-corrected chi connectivity index (χ3v) is 9.27. The van der Waals surface area contributed by atoms with Crippen LogP contribution in [0.25, 0.3) is 0 Å². The molecule has 0 spiro atoms. The number of hydrogen-bond acceptors (Lipinski definition) is 5. The van der Waals surface area contributed by atoms with Gasteiger partial charge in [-0.25, -0.2) is 18.4 Å². The highest BCUT2D eigenvalue weighted by atomic mass is 31.2. The maximum atomic E-state index is 13.0. The predicted octanol–water partition coefficient (Wildman–Crippen LogP) is 2.62. The fourth-order valence-electron chi connectivity index (χ4n) is 3.54. The Morgan fingerprint density at radius 1 is 0.926 bits per heavy atom. The van der Waals surface area contributed by atoms with Gasteiger partial charge in [0.05, 0.1) is 6.54 Å². The molecule has 4 heterocycles. The number of rotatable bonds is 8. The average molecular weight is 411 g/mol. The van der Waals surface area contributed by atoms with E-state index in [4.69, 9.17) is 9.05 Å². The van der Waals surface area contributed by atoms with Gasteiger partial charge < -0.3 is 4.52 Å². The predicted molar refractivity (Wildman–Crippen MR) is 102 cm³/mol. The second-order valence-corrected chi connectivity index (χ2v) is 11.1. The van der Waals surface area contributed by atoms with Crippen molar-refractivity contribution in [2.75, 3.05) is 52.4 Å². The lowest BCUT2D eigenvalue weighted by molar-refractivity contribution is 0.229. The molecule has 1 aromatic carbocycles. The third kappa shape index (κ3) is 4.07. The van der Waals surface area contributed by atoms with E-state index in [-0.39, 0.29) is 0 Å². The topological polar surface area (TPSA) is 64.9 Å². The second-order valence-electron chi connectivity index (χ2n) is 7.53. The molecule has 0 aromatic heterocycles. The molecular formula is C17H25N4O4P2+. The Balaban J connectivity index is 1.19. The van der Waals surface area contributed by atoms with Crippen LogP contribution in [0.2, 0.25) is 0 Å². The minimum atomic E-state index is -2.88. The van der Waals surface area contributed by atoms with Gasteiger partial charge in [-0.3, -0.25) is 4.90 Å². The van der Waals surface area contributed by atoms with E-state index >= 15 is 0 Å². The first kappa shape index (κ1) is 18.0. The monoisotopic (exact) mass is 411 g/mol. The van der Waals surface area contributed by atoms with Crippen LogP contribution < -0.4 is 9.05 Å². The highest BCUT2D eigenvalue weighted by Gasteiger charge is 2.50. The fraction of sp³-hybridized carbons (Fsp3) is 0.647. The molecule has 4 aliphatic heterocycles. The summed E-state index contributed by atoms with van der Waals surface area (Å²) in [6.07, 6.45) is 2.24. The summed E-state index contributed by atoms with van der Waals surface area (Å²) < 4.78 is 42.8. The largest absolute Gasteiger partial charge is 0.666 e. The van der Waals surface area contributed by atoms with Crippen LogP contribution in [0.3, 0.4) is 0 Å². The molecule has 0 radical (unpaired) electrons. The van der Waals surface area contributed by atoms with Crippen molar-refractivity contribution >= 4 is 15.8 Å². The molecule has 0 bridgehead atoms. The van der Waals surface area contributed by atoms with Crippen molar-refractivity contribution in [3.8, 4) is 11.5 Å². The molecule has 0 N–H and O–H groups in total. The molecule has 5 rings (SSSR count). The first-order chi connectivity index (χ1) is 13.1. The summed E-state index contributed by atoms with van der Waals surface area (Å²) in [5, 5.41) is 0. The lowest BCUT2D eigenvalue weighted by atomic mass is 10.1. The smallest absolute Gasteiger partial charge is 0.422 e. The van der Waals surface area contributed by atoms with Crippen LogP contribution in [0.15, 0.2) is 24.3 Å². The van der Waals surface area contributed by atoms with Crippen LogP contribution in [0, 0.1) is 0 Å². The molecule has 0 aliphatic carbocycles. The van der Waals surface area contributed by atoms with Crippen molar-refractivity contribution in [3.63, 3.8) is 0 Å². The number of benzene rings is 1.